The van der Waals surface area contributed by atoms with Crippen molar-refractivity contribution in [3.05, 3.63) is 48.5 Å². The highest BCUT2D eigenvalue weighted by Gasteiger charge is 2.54. The van der Waals surface area contributed by atoms with E-state index in [0.717, 1.165) is 5.75 Å². The van der Waals surface area contributed by atoms with Crippen LogP contribution in [-0.4, -0.2) is 16.9 Å². The molecular weight excluding hydrogens is 328 g/mol. The van der Waals surface area contributed by atoms with Crippen LogP contribution in [0.25, 0.3) is 11.1 Å². The zero-order valence-corrected chi connectivity index (χ0v) is 17.6. The molecule has 3 rings (SSSR count). The quantitative estimate of drug-likeness (QED) is 0.682. The second-order valence-electron chi connectivity index (χ2n) is 7.82. The van der Waals surface area contributed by atoms with Gasteiger partial charge in [-0.25, -0.2) is 0 Å². The molecule has 1 aliphatic rings. The molecule has 0 radical (unpaired) electrons. The molecule has 0 unspecified atom stereocenters. The Morgan fingerprint density at radius 2 is 1.42 bits per heavy atom. The summed E-state index contributed by atoms with van der Waals surface area (Å²) in [4.78, 5) is 0. The molecule has 1 heterocycles. The molecule has 24 heavy (non-hydrogen) atoms. The summed E-state index contributed by atoms with van der Waals surface area (Å²) in [5.41, 5.74) is 3.36. The lowest BCUT2D eigenvalue weighted by Gasteiger charge is -2.48. The minimum atomic E-state index is -2.26. The topological polar surface area (TPSA) is 18.5 Å². The van der Waals surface area contributed by atoms with Crippen LogP contribution < -0.4 is 9.61 Å². The van der Waals surface area contributed by atoms with Gasteiger partial charge in [0.2, 0.25) is 8.32 Å². The van der Waals surface area contributed by atoms with Crippen LogP contribution in [0.15, 0.2) is 48.5 Å². The van der Waals surface area contributed by atoms with Gasteiger partial charge < -0.3 is 8.54 Å². The van der Waals surface area contributed by atoms with Gasteiger partial charge in [-0.15, -0.1) is 0 Å². The van der Waals surface area contributed by atoms with Crippen molar-refractivity contribution < 1.29 is 8.54 Å². The molecule has 1 aliphatic heterocycles. The predicted molar refractivity (Wildman–Crippen MR) is 107 cm³/mol. The molecule has 0 amide bonds. The summed E-state index contributed by atoms with van der Waals surface area (Å²) >= 11 is 0. The first-order valence-corrected chi connectivity index (χ1v) is 13.7. The van der Waals surface area contributed by atoms with Gasteiger partial charge in [-0.1, -0.05) is 64.1 Å². The van der Waals surface area contributed by atoms with Gasteiger partial charge in [-0.3, -0.25) is 0 Å². The van der Waals surface area contributed by atoms with E-state index in [4.69, 9.17) is 8.54 Å². The Morgan fingerprint density at radius 1 is 0.792 bits per heavy atom. The molecule has 0 N–H and O–H groups in total. The maximum atomic E-state index is 6.86. The number of benzene rings is 2. The summed E-state index contributed by atoms with van der Waals surface area (Å²) in [7, 11) is -4.26. The standard InChI is InChI=1S/C20H28O2Si2/c1-15(2)24(16(3)4)21-19-13-12-18(17-10-8-7-9-11-17)14-20(19)23(5,6)22-24/h7-16H,1-6H3. The minimum Gasteiger partial charge on any atom is -0.520 e. The van der Waals surface area contributed by atoms with Crippen LogP contribution in [0, 0.1) is 0 Å². The molecule has 0 saturated heterocycles. The molecule has 0 saturated carbocycles. The van der Waals surface area contributed by atoms with Gasteiger partial charge in [0.15, 0.2) is 0 Å². The van der Waals surface area contributed by atoms with Crippen LogP contribution in [0.4, 0.5) is 0 Å². The van der Waals surface area contributed by atoms with Crippen molar-refractivity contribution in [2.45, 2.75) is 51.9 Å². The van der Waals surface area contributed by atoms with Gasteiger partial charge in [0.05, 0.1) is 0 Å². The lowest BCUT2D eigenvalue weighted by Crippen LogP contribution is -2.65. The maximum Gasteiger partial charge on any atom is 0.394 e. The van der Waals surface area contributed by atoms with E-state index >= 15 is 0 Å². The van der Waals surface area contributed by atoms with Crippen LogP contribution in [0.2, 0.25) is 24.2 Å². The molecule has 0 atom stereocenters. The zero-order valence-electron chi connectivity index (χ0n) is 15.6. The van der Waals surface area contributed by atoms with E-state index in [-0.39, 0.29) is 0 Å². The Bertz CT molecular complexity index is 716. The van der Waals surface area contributed by atoms with Gasteiger partial charge in [0.1, 0.15) is 5.75 Å². The third-order valence-electron chi connectivity index (χ3n) is 5.03. The summed E-state index contributed by atoms with van der Waals surface area (Å²) < 4.78 is 13.5. The van der Waals surface area contributed by atoms with Gasteiger partial charge in [-0.2, -0.15) is 0 Å². The summed E-state index contributed by atoms with van der Waals surface area (Å²) in [5, 5.41) is 1.29. The van der Waals surface area contributed by atoms with Crippen molar-refractivity contribution in [1.82, 2.24) is 0 Å². The van der Waals surface area contributed by atoms with Crippen molar-refractivity contribution in [1.29, 1.82) is 0 Å². The van der Waals surface area contributed by atoms with E-state index in [1.165, 1.54) is 16.3 Å². The van der Waals surface area contributed by atoms with Crippen LogP contribution in [0.5, 0.6) is 5.75 Å². The van der Waals surface area contributed by atoms with E-state index in [0.29, 0.717) is 11.1 Å². The van der Waals surface area contributed by atoms with Crippen LogP contribution >= 0.6 is 0 Å². The normalized spacial score (nSPS) is 18.3. The van der Waals surface area contributed by atoms with E-state index in [9.17, 15) is 0 Å². The fourth-order valence-corrected chi connectivity index (χ4v) is 13.0. The van der Waals surface area contributed by atoms with Gasteiger partial charge in [0.25, 0.3) is 0 Å². The molecule has 0 spiro atoms. The van der Waals surface area contributed by atoms with Crippen molar-refractivity contribution in [2.75, 3.05) is 0 Å². The molecule has 4 heteroatoms. The number of hydrogen-bond donors (Lipinski definition) is 0. The zero-order chi connectivity index (χ0) is 17.5. The maximum absolute atomic E-state index is 6.86. The summed E-state index contributed by atoms with van der Waals surface area (Å²) in [5.74, 6) is 1.06. The first-order chi connectivity index (χ1) is 11.3. The van der Waals surface area contributed by atoms with E-state index < -0.39 is 16.9 Å². The monoisotopic (exact) mass is 356 g/mol. The predicted octanol–water partition coefficient (Wildman–Crippen LogP) is 5.44. The average Bonchev–Trinajstić information content (AvgIpc) is 2.54. The summed E-state index contributed by atoms with van der Waals surface area (Å²) in [6.45, 7) is 13.6. The highest BCUT2D eigenvalue weighted by atomic mass is 28.4. The lowest BCUT2D eigenvalue weighted by molar-refractivity contribution is 0.339. The first kappa shape index (κ1) is 17.5. The molecule has 0 aliphatic carbocycles. The molecule has 0 fully saturated rings. The molecule has 2 aromatic carbocycles. The lowest BCUT2D eigenvalue weighted by atomic mass is 10.1. The number of fused-ring (bicyclic) bond motifs is 1. The third-order valence-corrected chi connectivity index (χ3v) is 13.8. The van der Waals surface area contributed by atoms with Crippen molar-refractivity contribution in [2.24, 2.45) is 0 Å². The second-order valence-corrected chi connectivity index (χ2v) is 16.2. The average molecular weight is 357 g/mol. The van der Waals surface area contributed by atoms with E-state index in [1.807, 2.05) is 0 Å². The smallest absolute Gasteiger partial charge is 0.394 e. The fourth-order valence-electron chi connectivity index (χ4n) is 3.68. The minimum absolute atomic E-state index is 0.436. The fraction of sp³-hybridized carbons (Fsp3) is 0.400. The van der Waals surface area contributed by atoms with Crippen LogP contribution in [-0.2, 0) is 4.12 Å². The molecule has 2 aromatic rings. The highest BCUT2D eigenvalue weighted by molar-refractivity contribution is 6.94. The SMILES string of the molecule is CC(C)[Si]1(C(C)C)Oc2ccc(-c3ccccc3)cc2[Si](C)(C)O1. The van der Waals surface area contributed by atoms with Crippen LogP contribution in [0.3, 0.4) is 0 Å². The molecule has 128 valence electrons. The Labute approximate surface area is 148 Å². The Balaban J connectivity index is 2.09. The van der Waals surface area contributed by atoms with Crippen LogP contribution in [0.1, 0.15) is 27.7 Å². The molecule has 0 bridgehead atoms. The van der Waals surface area contributed by atoms with Crippen molar-refractivity contribution >= 4 is 22.1 Å². The van der Waals surface area contributed by atoms with Crippen molar-refractivity contribution in [3.63, 3.8) is 0 Å². The third kappa shape index (κ3) is 2.87. The Hall–Kier alpha value is -1.37. The van der Waals surface area contributed by atoms with Gasteiger partial charge in [0, 0.05) is 16.3 Å². The number of rotatable bonds is 3. The Morgan fingerprint density at radius 3 is 2.00 bits per heavy atom. The van der Waals surface area contributed by atoms with E-state index in [2.05, 4.69) is 89.3 Å². The first-order valence-electron chi connectivity index (χ1n) is 8.85. The van der Waals surface area contributed by atoms with Gasteiger partial charge in [-0.05, 0) is 36.4 Å². The van der Waals surface area contributed by atoms with Gasteiger partial charge >= 0.3 is 8.56 Å². The molecular formula is C20H28O2Si2. The largest absolute Gasteiger partial charge is 0.520 e. The van der Waals surface area contributed by atoms with E-state index in [1.54, 1.807) is 0 Å². The molecule has 0 aromatic heterocycles. The summed E-state index contributed by atoms with van der Waals surface area (Å²) in [6.07, 6.45) is 0. The van der Waals surface area contributed by atoms with Crippen molar-refractivity contribution in [3.8, 4) is 16.9 Å². The summed E-state index contributed by atoms with van der Waals surface area (Å²) in [6, 6.07) is 17.2. The second kappa shape index (κ2) is 6.17. The highest BCUT2D eigenvalue weighted by Crippen LogP contribution is 2.41. The molecule has 2 nitrogen and oxygen atoms in total. The Kier molecular flexibility index (Phi) is 4.49. The number of hydrogen-bond acceptors (Lipinski definition) is 2.